The molecule has 0 saturated carbocycles. The topological polar surface area (TPSA) is 34.5 Å². The molecule has 4 heteroatoms. The number of aromatic nitrogens is 1. The van der Waals surface area contributed by atoms with Crippen molar-refractivity contribution in [3.8, 4) is 0 Å². The van der Waals surface area contributed by atoms with Crippen LogP contribution in [0.2, 0.25) is 19.6 Å². The Balaban J connectivity index is 2.85. The SMILES string of the molecule is CN=C(O[Si](C)(C)C)c1cccnc1. The Morgan fingerprint density at radius 1 is 1.43 bits per heavy atom. The van der Waals surface area contributed by atoms with Gasteiger partial charge in [-0.15, -0.1) is 0 Å². The molecule has 0 saturated heterocycles. The van der Waals surface area contributed by atoms with Crippen LogP contribution < -0.4 is 0 Å². The van der Waals surface area contributed by atoms with E-state index >= 15 is 0 Å². The first kappa shape index (κ1) is 10.9. The largest absolute Gasteiger partial charge is 0.531 e. The van der Waals surface area contributed by atoms with Gasteiger partial charge in [-0.1, -0.05) is 0 Å². The Labute approximate surface area is 86.0 Å². The summed E-state index contributed by atoms with van der Waals surface area (Å²) >= 11 is 0. The number of aliphatic imine (C=N–C) groups is 1. The van der Waals surface area contributed by atoms with Crippen molar-refractivity contribution < 1.29 is 4.43 Å². The van der Waals surface area contributed by atoms with E-state index in [-0.39, 0.29) is 0 Å². The predicted molar refractivity (Wildman–Crippen MR) is 61.1 cm³/mol. The zero-order chi connectivity index (χ0) is 10.6. The van der Waals surface area contributed by atoms with E-state index < -0.39 is 8.32 Å². The standard InChI is InChI=1S/C10H16N2OSi/c1-11-10(13-14(2,3)4)9-6-5-7-12-8-9/h5-8H,1-4H3. The third kappa shape index (κ3) is 3.30. The first-order valence-corrected chi connectivity index (χ1v) is 8.00. The van der Waals surface area contributed by atoms with Crippen LogP contribution in [0.15, 0.2) is 29.5 Å². The number of pyridine rings is 1. The van der Waals surface area contributed by atoms with Crippen molar-refractivity contribution in [2.75, 3.05) is 7.05 Å². The summed E-state index contributed by atoms with van der Waals surface area (Å²) in [5, 5.41) is 0. The molecule has 3 nitrogen and oxygen atoms in total. The van der Waals surface area contributed by atoms with Gasteiger partial charge in [-0.2, -0.15) is 0 Å². The Morgan fingerprint density at radius 3 is 2.57 bits per heavy atom. The van der Waals surface area contributed by atoms with E-state index in [0.29, 0.717) is 5.90 Å². The maximum atomic E-state index is 5.82. The normalized spacial score (nSPS) is 12.7. The minimum absolute atomic E-state index is 0.692. The summed E-state index contributed by atoms with van der Waals surface area (Å²) < 4.78 is 5.82. The maximum Gasteiger partial charge on any atom is 0.244 e. The van der Waals surface area contributed by atoms with E-state index in [1.807, 2.05) is 12.1 Å². The molecule has 0 atom stereocenters. The zero-order valence-corrected chi connectivity index (χ0v) is 10.1. The molecule has 1 heterocycles. The lowest BCUT2D eigenvalue weighted by molar-refractivity contribution is 0.552. The Hall–Kier alpha value is -1.16. The van der Waals surface area contributed by atoms with Crippen molar-refractivity contribution >= 4 is 14.2 Å². The van der Waals surface area contributed by atoms with Crippen LogP contribution in [-0.4, -0.2) is 26.2 Å². The third-order valence-corrected chi connectivity index (χ3v) is 2.32. The van der Waals surface area contributed by atoms with Gasteiger partial charge >= 0.3 is 0 Å². The van der Waals surface area contributed by atoms with Gasteiger partial charge in [0.25, 0.3) is 0 Å². The average molecular weight is 208 g/mol. The summed E-state index contributed by atoms with van der Waals surface area (Å²) in [6.07, 6.45) is 3.51. The second kappa shape index (κ2) is 4.37. The lowest BCUT2D eigenvalue weighted by atomic mass is 10.3. The number of nitrogens with zero attached hydrogens (tertiary/aromatic N) is 2. The van der Waals surface area contributed by atoms with E-state index in [1.54, 1.807) is 19.4 Å². The lowest BCUT2D eigenvalue weighted by Crippen LogP contribution is -2.29. The number of rotatable bonds is 2. The molecule has 0 aliphatic carbocycles. The molecule has 0 bridgehead atoms. The Morgan fingerprint density at radius 2 is 2.14 bits per heavy atom. The second-order valence-electron chi connectivity index (χ2n) is 3.98. The molecule has 0 radical (unpaired) electrons. The molecule has 1 aromatic heterocycles. The maximum absolute atomic E-state index is 5.82. The quantitative estimate of drug-likeness (QED) is 0.424. The molecule has 0 unspecified atom stereocenters. The van der Waals surface area contributed by atoms with Gasteiger partial charge < -0.3 is 4.43 Å². The van der Waals surface area contributed by atoms with Crippen LogP contribution in [0.3, 0.4) is 0 Å². The second-order valence-corrected chi connectivity index (χ2v) is 8.41. The van der Waals surface area contributed by atoms with Crippen molar-refractivity contribution in [2.45, 2.75) is 19.6 Å². The van der Waals surface area contributed by atoms with E-state index in [2.05, 4.69) is 29.6 Å². The summed E-state index contributed by atoms with van der Waals surface area (Å²) in [6.45, 7) is 6.40. The van der Waals surface area contributed by atoms with Gasteiger partial charge in [0, 0.05) is 19.4 Å². The highest BCUT2D eigenvalue weighted by molar-refractivity contribution is 6.71. The van der Waals surface area contributed by atoms with Gasteiger partial charge in [-0.05, 0) is 31.8 Å². The van der Waals surface area contributed by atoms with Crippen LogP contribution in [0.1, 0.15) is 5.56 Å². The monoisotopic (exact) mass is 208 g/mol. The van der Waals surface area contributed by atoms with Gasteiger partial charge in [-0.25, -0.2) is 0 Å². The third-order valence-electron chi connectivity index (χ3n) is 1.51. The first-order chi connectivity index (χ1) is 6.53. The predicted octanol–water partition coefficient (Wildman–Crippen LogP) is 2.31. The summed E-state index contributed by atoms with van der Waals surface area (Å²) in [5.74, 6) is 0.692. The van der Waals surface area contributed by atoms with Crippen molar-refractivity contribution in [3.05, 3.63) is 30.1 Å². The van der Waals surface area contributed by atoms with E-state index in [9.17, 15) is 0 Å². The molecular weight excluding hydrogens is 192 g/mol. The number of hydrogen-bond donors (Lipinski definition) is 0. The molecule has 0 fully saturated rings. The van der Waals surface area contributed by atoms with Crippen LogP contribution in [0.5, 0.6) is 0 Å². The molecule has 0 aliphatic heterocycles. The fourth-order valence-corrected chi connectivity index (χ4v) is 1.80. The highest BCUT2D eigenvalue weighted by Crippen LogP contribution is 2.09. The van der Waals surface area contributed by atoms with Crippen LogP contribution in [0.4, 0.5) is 0 Å². The van der Waals surface area contributed by atoms with E-state index in [0.717, 1.165) is 5.56 Å². The molecule has 0 N–H and O–H groups in total. The van der Waals surface area contributed by atoms with Gasteiger partial charge in [0.2, 0.25) is 14.2 Å². The highest BCUT2D eigenvalue weighted by Gasteiger charge is 2.19. The van der Waals surface area contributed by atoms with E-state index in [1.165, 1.54) is 0 Å². The Kier molecular flexibility index (Phi) is 3.41. The molecule has 0 aliphatic rings. The summed E-state index contributed by atoms with van der Waals surface area (Å²) in [7, 11) is 0.156. The van der Waals surface area contributed by atoms with Gasteiger partial charge in [0.15, 0.2) is 0 Å². The van der Waals surface area contributed by atoms with Crippen LogP contribution in [0, 0.1) is 0 Å². The van der Waals surface area contributed by atoms with E-state index in [4.69, 9.17) is 4.43 Å². The molecule has 1 rings (SSSR count). The molecule has 0 amide bonds. The molecule has 0 aromatic carbocycles. The van der Waals surface area contributed by atoms with Crippen molar-refractivity contribution in [1.29, 1.82) is 0 Å². The summed E-state index contributed by atoms with van der Waals surface area (Å²) in [6, 6.07) is 3.84. The van der Waals surface area contributed by atoms with Gasteiger partial charge in [-0.3, -0.25) is 9.98 Å². The van der Waals surface area contributed by atoms with Crippen molar-refractivity contribution in [3.63, 3.8) is 0 Å². The molecular formula is C10H16N2OSi. The Bertz CT molecular complexity index is 317. The highest BCUT2D eigenvalue weighted by atomic mass is 28.4. The minimum atomic E-state index is -1.58. The lowest BCUT2D eigenvalue weighted by Gasteiger charge is -2.20. The van der Waals surface area contributed by atoms with Gasteiger partial charge in [0.05, 0.1) is 5.56 Å². The van der Waals surface area contributed by atoms with Crippen molar-refractivity contribution in [1.82, 2.24) is 4.98 Å². The molecule has 1 aromatic rings. The van der Waals surface area contributed by atoms with Gasteiger partial charge in [0.1, 0.15) is 0 Å². The fraction of sp³-hybridized carbons (Fsp3) is 0.400. The first-order valence-electron chi connectivity index (χ1n) is 4.59. The summed E-state index contributed by atoms with van der Waals surface area (Å²) in [5.41, 5.74) is 0.942. The van der Waals surface area contributed by atoms with Crippen LogP contribution in [0.25, 0.3) is 0 Å². The molecule has 0 spiro atoms. The smallest absolute Gasteiger partial charge is 0.244 e. The van der Waals surface area contributed by atoms with Crippen LogP contribution >= 0.6 is 0 Å². The fourth-order valence-electron chi connectivity index (χ4n) is 1.01. The summed E-state index contributed by atoms with van der Waals surface area (Å²) in [4.78, 5) is 8.17. The number of hydrogen-bond acceptors (Lipinski definition) is 3. The molecule has 76 valence electrons. The van der Waals surface area contributed by atoms with Crippen molar-refractivity contribution in [2.24, 2.45) is 4.99 Å². The molecule has 14 heavy (non-hydrogen) atoms. The van der Waals surface area contributed by atoms with Crippen LogP contribution in [-0.2, 0) is 4.43 Å². The minimum Gasteiger partial charge on any atom is -0.531 e. The average Bonchev–Trinajstić information content (AvgIpc) is 2.14. The zero-order valence-electron chi connectivity index (χ0n) is 9.11.